The Morgan fingerprint density at radius 2 is 2.11 bits per heavy atom. The van der Waals surface area contributed by atoms with Crippen molar-refractivity contribution >= 4 is 50.5 Å². The number of amides is 1. The molecule has 1 amide bonds. The molecule has 1 aromatic heterocycles. The molecule has 3 aromatic rings. The van der Waals surface area contributed by atoms with E-state index in [-0.39, 0.29) is 5.91 Å². The zero-order chi connectivity index (χ0) is 18.8. The number of thioether (sulfide) groups is 2. The lowest BCUT2D eigenvalue weighted by molar-refractivity contribution is 0.0997. The SMILES string of the molecule is Cc1ccc(NC(=O)c2oc3ccccc3c2CSC2=NCCS2)c(C)c1. The summed E-state index contributed by atoms with van der Waals surface area (Å²) in [7, 11) is 0. The molecule has 0 fully saturated rings. The van der Waals surface area contributed by atoms with E-state index in [1.54, 1.807) is 23.5 Å². The molecule has 0 saturated carbocycles. The number of hydrogen-bond acceptors (Lipinski definition) is 5. The van der Waals surface area contributed by atoms with E-state index in [1.165, 1.54) is 5.56 Å². The smallest absolute Gasteiger partial charge is 0.291 e. The first kappa shape index (κ1) is 18.2. The molecule has 0 spiro atoms. The molecule has 27 heavy (non-hydrogen) atoms. The van der Waals surface area contributed by atoms with E-state index in [0.717, 1.165) is 44.5 Å². The fourth-order valence-electron chi connectivity index (χ4n) is 3.10. The van der Waals surface area contributed by atoms with Gasteiger partial charge in [-0.25, -0.2) is 0 Å². The van der Waals surface area contributed by atoms with Crippen molar-refractivity contribution in [2.24, 2.45) is 4.99 Å². The summed E-state index contributed by atoms with van der Waals surface area (Å²) in [4.78, 5) is 17.5. The van der Waals surface area contributed by atoms with Crippen LogP contribution in [0.3, 0.4) is 0 Å². The minimum Gasteiger partial charge on any atom is -0.451 e. The topological polar surface area (TPSA) is 54.6 Å². The summed E-state index contributed by atoms with van der Waals surface area (Å²) in [6.07, 6.45) is 0. The van der Waals surface area contributed by atoms with Crippen molar-refractivity contribution in [1.29, 1.82) is 0 Å². The van der Waals surface area contributed by atoms with Crippen LogP contribution < -0.4 is 5.32 Å². The highest BCUT2D eigenvalue weighted by molar-refractivity contribution is 8.38. The highest BCUT2D eigenvalue weighted by atomic mass is 32.2. The van der Waals surface area contributed by atoms with Crippen LogP contribution in [0, 0.1) is 13.8 Å². The molecule has 0 unspecified atom stereocenters. The van der Waals surface area contributed by atoms with Gasteiger partial charge in [0.25, 0.3) is 5.91 Å². The number of hydrogen-bond donors (Lipinski definition) is 1. The van der Waals surface area contributed by atoms with Gasteiger partial charge in [-0.1, -0.05) is 59.4 Å². The third-order valence-corrected chi connectivity index (χ3v) is 6.71. The Morgan fingerprint density at radius 3 is 2.89 bits per heavy atom. The van der Waals surface area contributed by atoms with Crippen LogP contribution in [0.4, 0.5) is 5.69 Å². The van der Waals surface area contributed by atoms with Crippen molar-refractivity contribution < 1.29 is 9.21 Å². The first-order chi connectivity index (χ1) is 13.1. The number of anilines is 1. The number of benzene rings is 2. The first-order valence-electron chi connectivity index (χ1n) is 8.81. The van der Waals surface area contributed by atoms with E-state index >= 15 is 0 Å². The van der Waals surface area contributed by atoms with E-state index in [1.807, 2.05) is 50.2 Å². The van der Waals surface area contributed by atoms with Gasteiger partial charge in [0.05, 0.1) is 6.54 Å². The van der Waals surface area contributed by atoms with Gasteiger partial charge in [-0.05, 0) is 31.5 Å². The number of furan rings is 1. The number of nitrogens with one attached hydrogen (secondary N) is 1. The Bertz CT molecular complexity index is 1040. The number of fused-ring (bicyclic) bond motifs is 1. The van der Waals surface area contributed by atoms with Crippen molar-refractivity contribution in [2.75, 3.05) is 17.6 Å². The monoisotopic (exact) mass is 396 g/mol. The summed E-state index contributed by atoms with van der Waals surface area (Å²) in [5.74, 6) is 1.87. The molecule has 4 nitrogen and oxygen atoms in total. The van der Waals surface area contributed by atoms with E-state index in [2.05, 4.69) is 16.4 Å². The van der Waals surface area contributed by atoms with E-state index < -0.39 is 0 Å². The molecule has 0 saturated heterocycles. The van der Waals surface area contributed by atoms with Gasteiger partial charge in [0.15, 0.2) is 5.76 Å². The van der Waals surface area contributed by atoms with Gasteiger partial charge in [-0.15, -0.1) is 0 Å². The maximum Gasteiger partial charge on any atom is 0.291 e. The average molecular weight is 397 g/mol. The van der Waals surface area contributed by atoms with Crippen molar-refractivity contribution in [3.8, 4) is 0 Å². The predicted octanol–water partition coefficient (Wildman–Crippen LogP) is 5.64. The number of aryl methyl sites for hydroxylation is 2. The Kier molecular flexibility index (Phi) is 5.27. The fourth-order valence-corrected chi connectivity index (χ4v) is 5.13. The number of carbonyl (C=O) groups is 1. The quantitative estimate of drug-likeness (QED) is 0.620. The summed E-state index contributed by atoms with van der Waals surface area (Å²) in [6.45, 7) is 4.91. The van der Waals surface area contributed by atoms with E-state index in [4.69, 9.17) is 4.42 Å². The van der Waals surface area contributed by atoms with Crippen LogP contribution in [-0.4, -0.2) is 22.6 Å². The van der Waals surface area contributed by atoms with Crippen LogP contribution in [0.15, 0.2) is 51.9 Å². The molecule has 0 bridgehead atoms. The third-order valence-electron chi connectivity index (χ3n) is 4.43. The van der Waals surface area contributed by atoms with Gasteiger partial charge in [-0.2, -0.15) is 0 Å². The molecule has 138 valence electrons. The first-order valence-corrected chi connectivity index (χ1v) is 10.8. The second-order valence-electron chi connectivity index (χ2n) is 6.46. The average Bonchev–Trinajstić information content (AvgIpc) is 3.29. The second-order valence-corrected chi connectivity index (χ2v) is 8.77. The van der Waals surface area contributed by atoms with Crippen LogP contribution in [0.2, 0.25) is 0 Å². The summed E-state index contributed by atoms with van der Waals surface area (Å²) >= 11 is 3.44. The molecule has 1 N–H and O–H groups in total. The summed E-state index contributed by atoms with van der Waals surface area (Å²) < 4.78 is 7.02. The van der Waals surface area contributed by atoms with Gasteiger partial charge in [0.1, 0.15) is 9.96 Å². The molecule has 4 rings (SSSR count). The third kappa shape index (κ3) is 3.92. The maximum atomic E-state index is 13.0. The summed E-state index contributed by atoms with van der Waals surface area (Å²) in [5.41, 5.74) is 4.67. The van der Waals surface area contributed by atoms with Crippen LogP contribution in [0.5, 0.6) is 0 Å². The molecule has 1 aliphatic rings. The zero-order valence-electron chi connectivity index (χ0n) is 15.2. The molecule has 0 atom stereocenters. The lowest BCUT2D eigenvalue weighted by Gasteiger charge is -2.09. The fraction of sp³-hybridized carbons (Fsp3) is 0.238. The molecular formula is C21H20N2O2S2. The lowest BCUT2D eigenvalue weighted by Crippen LogP contribution is -2.13. The van der Waals surface area contributed by atoms with Gasteiger partial charge < -0.3 is 9.73 Å². The second kappa shape index (κ2) is 7.82. The largest absolute Gasteiger partial charge is 0.451 e. The Balaban J connectivity index is 1.65. The Labute approximate surface area is 166 Å². The van der Waals surface area contributed by atoms with Crippen LogP contribution in [0.25, 0.3) is 11.0 Å². The Hall–Kier alpha value is -2.18. The van der Waals surface area contributed by atoms with Crippen molar-refractivity contribution in [1.82, 2.24) is 0 Å². The van der Waals surface area contributed by atoms with Gasteiger partial charge in [0.2, 0.25) is 0 Å². The number of para-hydroxylation sites is 1. The summed E-state index contributed by atoms with van der Waals surface area (Å²) in [6, 6.07) is 13.8. The minimum atomic E-state index is -0.213. The number of aliphatic imine (C=N–C) groups is 1. The predicted molar refractivity (Wildman–Crippen MR) is 116 cm³/mol. The van der Waals surface area contributed by atoms with Crippen molar-refractivity contribution in [3.63, 3.8) is 0 Å². The number of rotatable bonds is 4. The molecule has 0 aliphatic carbocycles. The van der Waals surface area contributed by atoms with Crippen LogP contribution in [0.1, 0.15) is 27.2 Å². The minimum absolute atomic E-state index is 0.213. The standard InChI is InChI=1S/C21H20N2O2S2/c1-13-7-8-17(14(2)11-13)23-20(24)19-16(12-27-21-22-9-10-26-21)15-5-3-4-6-18(15)25-19/h3-8,11H,9-10,12H2,1-2H3,(H,23,24). The summed E-state index contributed by atoms with van der Waals surface area (Å²) in [5, 5.41) is 3.99. The van der Waals surface area contributed by atoms with Gasteiger partial charge in [0, 0.05) is 28.1 Å². The van der Waals surface area contributed by atoms with Gasteiger partial charge >= 0.3 is 0 Å². The molecule has 2 aromatic carbocycles. The highest BCUT2D eigenvalue weighted by Crippen LogP contribution is 2.33. The van der Waals surface area contributed by atoms with Gasteiger partial charge in [-0.3, -0.25) is 9.79 Å². The van der Waals surface area contributed by atoms with Crippen LogP contribution >= 0.6 is 23.5 Å². The molecular weight excluding hydrogens is 376 g/mol. The molecule has 2 heterocycles. The maximum absolute atomic E-state index is 13.0. The number of carbonyl (C=O) groups excluding carboxylic acids is 1. The zero-order valence-corrected chi connectivity index (χ0v) is 16.9. The lowest BCUT2D eigenvalue weighted by atomic mass is 10.1. The number of nitrogens with zero attached hydrogens (tertiary/aromatic N) is 1. The normalized spacial score (nSPS) is 13.8. The molecule has 0 radical (unpaired) electrons. The molecule has 1 aliphatic heterocycles. The Morgan fingerprint density at radius 1 is 1.26 bits per heavy atom. The highest BCUT2D eigenvalue weighted by Gasteiger charge is 2.22. The van der Waals surface area contributed by atoms with Crippen molar-refractivity contribution in [2.45, 2.75) is 19.6 Å². The van der Waals surface area contributed by atoms with E-state index in [0.29, 0.717) is 11.5 Å². The van der Waals surface area contributed by atoms with Crippen molar-refractivity contribution in [3.05, 3.63) is 64.9 Å². The van der Waals surface area contributed by atoms with E-state index in [9.17, 15) is 4.79 Å². The van der Waals surface area contributed by atoms with Crippen LogP contribution in [-0.2, 0) is 5.75 Å². The molecule has 6 heteroatoms.